The van der Waals surface area contributed by atoms with E-state index in [1.54, 1.807) is 6.92 Å². The first kappa shape index (κ1) is 15.7. The Labute approximate surface area is 114 Å². The van der Waals surface area contributed by atoms with Crippen molar-refractivity contribution in [1.82, 2.24) is 0 Å². The van der Waals surface area contributed by atoms with E-state index in [0.29, 0.717) is 16.9 Å². The minimum Gasteiger partial charge on any atom is -0.327 e. The highest BCUT2D eigenvalue weighted by Crippen LogP contribution is 2.33. The van der Waals surface area contributed by atoms with E-state index in [1.807, 2.05) is 23.5 Å². The number of nitrogens with two attached hydrogens (primary N) is 1. The van der Waals surface area contributed by atoms with Gasteiger partial charge in [-0.15, -0.1) is 0 Å². The Morgan fingerprint density at radius 1 is 1.35 bits per heavy atom. The summed E-state index contributed by atoms with van der Waals surface area (Å²) in [7, 11) is -2.83. The monoisotopic (exact) mass is 297 g/mol. The van der Waals surface area contributed by atoms with Crippen LogP contribution in [0.5, 0.6) is 0 Å². The minimum atomic E-state index is -2.83. The summed E-state index contributed by atoms with van der Waals surface area (Å²) in [6.45, 7) is 3.93. The van der Waals surface area contributed by atoms with Gasteiger partial charge >= 0.3 is 0 Å². The van der Waals surface area contributed by atoms with Crippen molar-refractivity contribution in [3.63, 3.8) is 0 Å². The maximum absolute atomic E-state index is 11.4. The molecule has 1 rings (SSSR count). The lowest BCUT2D eigenvalue weighted by Crippen LogP contribution is -2.40. The largest absolute Gasteiger partial charge is 0.327 e. The van der Waals surface area contributed by atoms with E-state index in [-0.39, 0.29) is 17.5 Å². The molecule has 17 heavy (non-hydrogen) atoms. The van der Waals surface area contributed by atoms with Gasteiger partial charge in [-0.25, -0.2) is 8.42 Å². The Hall–Kier alpha value is 0.610. The molecule has 2 N–H and O–H groups in total. The standard InChI is InChI=1S/C11H23NO2S3/c1-3-17(13,14)8-4-5-10(12)11-9(2)15-6-7-16-11/h9-11H,3-8,12H2,1-2H3. The first-order valence-electron chi connectivity index (χ1n) is 6.15. The molecule has 1 heterocycles. The van der Waals surface area contributed by atoms with Crippen molar-refractivity contribution >= 4 is 33.4 Å². The molecule has 0 aromatic carbocycles. The normalized spacial score (nSPS) is 27.9. The van der Waals surface area contributed by atoms with Crippen LogP contribution in [0.15, 0.2) is 0 Å². The zero-order valence-electron chi connectivity index (χ0n) is 10.6. The van der Waals surface area contributed by atoms with Crippen LogP contribution >= 0.6 is 23.5 Å². The SMILES string of the molecule is CCS(=O)(=O)CCCC(N)C1SCCSC1C. The predicted octanol–water partition coefficient (Wildman–Crippen LogP) is 1.77. The molecule has 102 valence electrons. The fraction of sp³-hybridized carbons (Fsp3) is 1.00. The molecule has 0 spiro atoms. The average molecular weight is 298 g/mol. The molecule has 1 aliphatic heterocycles. The van der Waals surface area contributed by atoms with Gasteiger partial charge in [0, 0.05) is 33.8 Å². The lowest BCUT2D eigenvalue weighted by Gasteiger charge is -2.32. The van der Waals surface area contributed by atoms with E-state index < -0.39 is 9.84 Å². The predicted molar refractivity (Wildman–Crippen MR) is 79.7 cm³/mol. The number of hydrogen-bond donors (Lipinski definition) is 1. The summed E-state index contributed by atoms with van der Waals surface area (Å²) < 4.78 is 22.7. The molecule has 1 saturated heterocycles. The molecule has 1 fully saturated rings. The molecule has 0 radical (unpaired) electrons. The third-order valence-electron chi connectivity index (χ3n) is 3.09. The molecule has 0 saturated carbocycles. The quantitative estimate of drug-likeness (QED) is 0.809. The summed E-state index contributed by atoms with van der Waals surface area (Å²) >= 11 is 3.93. The van der Waals surface area contributed by atoms with Gasteiger partial charge < -0.3 is 5.73 Å². The van der Waals surface area contributed by atoms with Gasteiger partial charge in [-0.1, -0.05) is 13.8 Å². The average Bonchev–Trinajstić information content (AvgIpc) is 2.29. The Kier molecular flexibility index (Phi) is 6.69. The van der Waals surface area contributed by atoms with E-state index in [9.17, 15) is 8.42 Å². The Morgan fingerprint density at radius 2 is 2.00 bits per heavy atom. The molecule has 3 atom stereocenters. The maximum Gasteiger partial charge on any atom is 0.150 e. The van der Waals surface area contributed by atoms with E-state index in [0.717, 1.165) is 6.42 Å². The Balaban J connectivity index is 2.31. The fourth-order valence-corrected chi connectivity index (χ4v) is 5.79. The summed E-state index contributed by atoms with van der Waals surface area (Å²) in [5.41, 5.74) is 6.18. The van der Waals surface area contributed by atoms with Gasteiger partial charge in [0.2, 0.25) is 0 Å². The lowest BCUT2D eigenvalue weighted by molar-refractivity contribution is 0.559. The summed E-state index contributed by atoms with van der Waals surface area (Å²) in [6, 6.07) is 0.134. The van der Waals surface area contributed by atoms with Gasteiger partial charge in [-0.2, -0.15) is 23.5 Å². The van der Waals surface area contributed by atoms with Crippen LogP contribution < -0.4 is 5.73 Å². The van der Waals surface area contributed by atoms with Crippen LogP contribution in [0.25, 0.3) is 0 Å². The van der Waals surface area contributed by atoms with Crippen LogP contribution in [0.4, 0.5) is 0 Å². The second-order valence-electron chi connectivity index (χ2n) is 4.45. The molecule has 6 heteroatoms. The van der Waals surface area contributed by atoms with Crippen molar-refractivity contribution in [2.75, 3.05) is 23.0 Å². The van der Waals surface area contributed by atoms with Crippen LogP contribution in [0.1, 0.15) is 26.7 Å². The van der Waals surface area contributed by atoms with Gasteiger partial charge in [0.05, 0.1) is 5.75 Å². The van der Waals surface area contributed by atoms with Crippen LogP contribution in [0.2, 0.25) is 0 Å². The smallest absolute Gasteiger partial charge is 0.150 e. The van der Waals surface area contributed by atoms with E-state index >= 15 is 0 Å². The van der Waals surface area contributed by atoms with Crippen molar-refractivity contribution in [2.24, 2.45) is 5.73 Å². The minimum absolute atomic E-state index is 0.134. The molecule has 3 nitrogen and oxygen atoms in total. The second kappa shape index (κ2) is 7.26. The first-order valence-corrected chi connectivity index (χ1v) is 10.1. The topological polar surface area (TPSA) is 60.2 Å². The van der Waals surface area contributed by atoms with Crippen molar-refractivity contribution in [1.29, 1.82) is 0 Å². The van der Waals surface area contributed by atoms with Crippen molar-refractivity contribution < 1.29 is 8.42 Å². The van der Waals surface area contributed by atoms with E-state index in [2.05, 4.69) is 6.92 Å². The van der Waals surface area contributed by atoms with Crippen molar-refractivity contribution in [3.05, 3.63) is 0 Å². The molecule has 1 aliphatic rings. The van der Waals surface area contributed by atoms with Gasteiger partial charge in [-0.05, 0) is 12.8 Å². The molecule has 0 aliphatic carbocycles. The molecular weight excluding hydrogens is 274 g/mol. The first-order chi connectivity index (χ1) is 7.96. The molecule has 3 unspecified atom stereocenters. The Bertz CT molecular complexity index is 319. The zero-order valence-corrected chi connectivity index (χ0v) is 13.0. The third kappa shape index (κ3) is 5.41. The van der Waals surface area contributed by atoms with Crippen molar-refractivity contribution in [3.8, 4) is 0 Å². The van der Waals surface area contributed by atoms with Crippen LogP contribution in [0.3, 0.4) is 0 Å². The van der Waals surface area contributed by atoms with Crippen LogP contribution in [0, 0.1) is 0 Å². The molecule has 0 bridgehead atoms. The second-order valence-corrected chi connectivity index (χ2v) is 9.70. The molecule has 0 amide bonds. The molecular formula is C11H23NO2S3. The lowest BCUT2D eigenvalue weighted by atomic mass is 10.1. The van der Waals surface area contributed by atoms with Crippen molar-refractivity contribution in [2.45, 2.75) is 43.2 Å². The van der Waals surface area contributed by atoms with Crippen LogP contribution in [-0.2, 0) is 9.84 Å². The van der Waals surface area contributed by atoms with E-state index in [1.165, 1.54) is 11.5 Å². The third-order valence-corrected chi connectivity index (χ3v) is 8.15. The Morgan fingerprint density at radius 3 is 2.59 bits per heavy atom. The summed E-state index contributed by atoms with van der Waals surface area (Å²) in [4.78, 5) is 0. The van der Waals surface area contributed by atoms with Gasteiger partial charge in [0.1, 0.15) is 9.84 Å². The van der Waals surface area contributed by atoms with Gasteiger partial charge in [-0.3, -0.25) is 0 Å². The number of hydrogen-bond acceptors (Lipinski definition) is 5. The highest BCUT2D eigenvalue weighted by Gasteiger charge is 2.27. The molecule has 0 aromatic heterocycles. The molecule has 0 aromatic rings. The summed E-state index contributed by atoms with van der Waals surface area (Å²) in [5, 5.41) is 1.07. The number of rotatable bonds is 6. The fourth-order valence-electron chi connectivity index (χ4n) is 1.97. The zero-order chi connectivity index (χ0) is 12.9. The summed E-state index contributed by atoms with van der Waals surface area (Å²) in [6.07, 6.45) is 1.52. The van der Waals surface area contributed by atoms with Gasteiger partial charge in [0.15, 0.2) is 0 Å². The van der Waals surface area contributed by atoms with E-state index in [4.69, 9.17) is 5.73 Å². The highest BCUT2D eigenvalue weighted by atomic mass is 32.2. The highest BCUT2D eigenvalue weighted by molar-refractivity contribution is 8.07. The number of thioether (sulfide) groups is 2. The van der Waals surface area contributed by atoms with Gasteiger partial charge in [0.25, 0.3) is 0 Å². The maximum atomic E-state index is 11.4. The summed E-state index contributed by atoms with van der Waals surface area (Å²) in [5.74, 6) is 2.91. The number of sulfone groups is 1. The van der Waals surface area contributed by atoms with Crippen LogP contribution in [-0.4, -0.2) is 48.0 Å².